The summed E-state index contributed by atoms with van der Waals surface area (Å²) in [5.74, 6) is 0. The summed E-state index contributed by atoms with van der Waals surface area (Å²) in [6.07, 6.45) is 5.22. The second kappa shape index (κ2) is 7.41. The Morgan fingerprint density at radius 1 is 1.26 bits per heavy atom. The molecule has 1 atom stereocenters. The quantitative estimate of drug-likeness (QED) is 0.834. The van der Waals surface area contributed by atoms with Gasteiger partial charge in [-0.1, -0.05) is 36.8 Å². The topological polar surface area (TPSA) is 24.9 Å². The van der Waals surface area contributed by atoms with Gasteiger partial charge in [0.05, 0.1) is 5.01 Å². The highest BCUT2D eigenvalue weighted by molar-refractivity contribution is 7.09. The Hall–Kier alpha value is -1.19. The second-order valence-electron chi connectivity index (χ2n) is 4.91. The molecule has 1 heterocycles. The van der Waals surface area contributed by atoms with E-state index in [0.717, 1.165) is 25.8 Å². The highest BCUT2D eigenvalue weighted by atomic mass is 32.1. The fourth-order valence-corrected chi connectivity index (χ4v) is 2.92. The third-order valence-electron chi connectivity index (χ3n) is 3.30. The maximum atomic E-state index is 4.38. The zero-order valence-electron chi connectivity index (χ0n) is 11.7. The summed E-state index contributed by atoms with van der Waals surface area (Å²) in [7, 11) is 0. The molecule has 1 aromatic heterocycles. The van der Waals surface area contributed by atoms with Crippen molar-refractivity contribution in [1.82, 2.24) is 10.3 Å². The molecule has 19 heavy (non-hydrogen) atoms. The van der Waals surface area contributed by atoms with E-state index in [4.69, 9.17) is 0 Å². The van der Waals surface area contributed by atoms with E-state index in [1.807, 2.05) is 6.20 Å². The lowest BCUT2D eigenvalue weighted by Gasteiger charge is -2.16. The van der Waals surface area contributed by atoms with E-state index in [1.54, 1.807) is 11.3 Å². The SMILES string of the molecule is CCNC(CCc1ccc(C)cc1)Cc1nccs1. The predicted octanol–water partition coefficient (Wildman–Crippen LogP) is 3.60. The highest BCUT2D eigenvalue weighted by Gasteiger charge is 2.10. The average Bonchev–Trinajstić information content (AvgIpc) is 2.91. The zero-order valence-corrected chi connectivity index (χ0v) is 12.5. The van der Waals surface area contributed by atoms with Gasteiger partial charge in [-0.3, -0.25) is 0 Å². The molecule has 3 heteroatoms. The molecule has 0 aliphatic heterocycles. The smallest absolute Gasteiger partial charge is 0.0940 e. The molecular formula is C16H22N2S. The van der Waals surface area contributed by atoms with Crippen LogP contribution in [0.4, 0.5) is 0 Å². The normalized spacial score (nSPS) is 12.5. The van der Waals surface area contributed by atoms with E-state index >= 15 is 0 Å². The van der Waals surface area contributed by atoms with Crippen molar-refractivity contribution in [3.05, 3.63) is 52.0 Å². The van der Waals surface area contributed by atoms with Crippen LogP contribution in [0.5, 0.6) is 0 Å². The first-order chi connectivity index (χ1) is 9.28. The number of hydrogen-bond acceptors (Lipinski definition) is 3. The number of thiazole rings is 1. The third kappa shape index (κ3) is 4.77. The molecule has 0 spiro atoms. The van der Waals surface area contributed by atoms with Gasteiger partial charge in [-0.15, -0.1) is 11.3 Å². The van der Waals surface area contributed by atoms with Crippen LogP contribution in [0.3, 0.4) is 0 Å². The van der Waals surface area contributed by atoms with Crippen LogP contribution in [0.25, 0.3) is 0 Å². The maximum absolute atomic E-state index is 4.38. The van der Waals surface area contributed by atoms with Gasteiger partial charge in [0.1, 0.15) is 0 Å². The minimum absolute atomic E-state index is 0.525. The van der Waals surface area contributed by atoms with Crippen molar-refractivity contribution in [3.8, 4) is 0 Å². The third-order valence-corrected chi connectivity index (χ3v) is 4.10. The molecule has 0 saturated carbocycles. The Balaban J connectivity index is 1.87. The molecule has 102 valence electrons. The Labute approximate surface area is 119 Å². The number of aromatic nitrogens is 1. The van der Waals surface area contributed by atoms with Gasteiger partial charge >= 0.3 is 0 Å². The van der Waals surface area contributed by atoms with E-state index in [-0.39, 0.29) is 0 Å². The molecule has 1 N–H and O–H groups in total. The van der Waals surface area contributed by atoms with Gasteiger partial charge < -0.3 is 5.32 Å². The first-order valence-corrected chi connectivity index (χ1v) is 7.83. The van der Waals surface area contributed by atoms with Gasteiger partial charge in [-0.25, -0.2) is 4.98 Å². The lowest BCUT2D eigenvalue weighted by atomic mass is 10.0. The molecular weight excluding hydrogens is 252 g/mol. The van der Waals surface area contributed by atoms with Gasteiger partial charge in [0.2, 0.25) is 0 Å². The van der Waals surface area contributed by atoms with Crippen molar-refractivity contribution in [2.75, 3.05) is 6.54 Å². The van der Waals surface area contributed by atoms with Crippen molar-refractivity contribution in [2.24, 2.45) is 0 Å². The van der Waals surface area contributed by atoms with Crippen LogP contribution in [-0.2, 0) is 12.8 Å². The summed E-state index contributed by atoms with van der Waals surface area (Å²) in [5.41, 5.74) is 2.75. The summed E-state index contributed by atoms with van der Waals surface area (Å²) >= 11 is 1.75. The van der Waals surface area contributed by atoms with E-state index in [0.29, 0.717) is 6.04 Å². The summed E-state index contributed by atoms with van der Waals surface area (Å²) in [6, 6.07) is 9.39. The number of nitrogens with zero attached hydrogens (tertiary/aromatic N) is 1. The largest absolute Gasteiger partial charge is 0.314 e. The zero-order chi connectivity index (χ0) is 13.5. The Bertz CT molecular complexity index is 462. The Morgan fingerprint density at radius 2 is 2.05 bits per heavy atom. The maximum Gasteiger partial charge on any atom is 0.0940 e. The predicted molar refractivity (Wildman–Crippen MR) is 82.8 cm³/mol. The standard InChI is InChI=1S/C16H22N2S/c1-3-17-15(12-16-18-10-11-19-16)9-8-14-6-4-13(2)5-7-14/h4-7,10-11,15,17H,3,8-9,12H2,1-2H3. The summed E-state index contributed by atoms with van der Waals surface area (Å²) < 4.78 is 0. The van der Waals surface area contributed by atoms with Gasteiger partial charge in [0.15, 0.2) is 0 Å². The minimum atomic E-state index is 0.525. The van der Waals surface area contributed by atoms with Gasteiger partial charge in [0.25, 0.3) is 0 Å². The van der Waals surface area contributed by atoms with Crippen molar-refractivity contribution in [3.63, 3.8) is 0 Å². The van der Waals surface area contributed by atoms with Crippen molar-refractivity contribution >= 4 is 11.3 Å². The van der Waals surface area contributed by atoms with Crippen LogP contribution in [0.15, 0.2) is 35.8 Å². The van der Waals surface area contributed by atoms with Crippen LogP contribution in [0.2, 0.25) is 0 Å². The first-order valence-electron chi connectivity index (χ1n) is 6.95. The van der Waals surface area contributed by atoms with E-state index in [1.165, 1.54) is 16.1 Å². The van der Waals surface area contributed by atoms with Gasteiger partial charge in [0, 0.05) is 24.0 Å². The molecule has 0 aliphatic carbocycles. The number of aryl methyl sites for hydroxylation is 2. The van der Waals surface area contributed by atoms with Crippen molar-refractivity contribution < 1.29 is 0 Å². The first kappa shape index (κ1) is 14.2. The van der Waals surface area contributed by atoms with Crippen molar-refractivity contribution in [1.29, 1.82) is 0 Å². The highest BCUT2D eigenvalue weighted by Crippen LogP contribution is 2.12. The summed E-state index contributed by atoms with van der Waals surface area (Å²) in [6.45, 7) is 5.32. The van der Waals surface area contributed by atoms with Crippen LogP contribution in [0, 0.1) is 6.92 Å². The molecule has 0 radical (unpaired) electrons. The van der Waals surface area contributed by atoms with Gasteiger partial charge in [-0.2, -0.15) is 0 Å². The van der Waals surface area contributed by atoms with E-state index < -0.39 is 0 Å². The molecule has 2 nitrogen and oxygen atoms in total. The number of hydrogen-bond donors (Lipinski definition) is 1. The lowest BCUT2D eigenvalue weighted by molar-refractivity contribution is 0.490. The fourth-order valence-electron chi connectivity index (χ4n) is 2.23. The Kier molecular flexibility index (Phi) is 5.55. The molecule has 2 aromatic rings. The van der Waals surface area contributed by atoms with E-state index in [2.05, 4.69) is 53.8 Å². The van der Waals surface area contributed by atoms with Gasteiger partial charge in [-0.05, 0) is 31.9 Å². The fraction of sp³-hybridized carbons (Fsp3) is 0.438. The molecule has 1 unspecified atom stereocenters. The molecule has 0 fully saturated rings. The molecule has 2 rings (SSSR count). The molecule has 1 aromatic carbocycles. The second-order valence-corrected chi connectivity index (χ2v) is 5.89. The minimum Gasteiger partial charge on any atom is -0.314 e. The van der Waals surface area contributed by atoms with Crippen molar-refractivity contribution in [2.45, 2.75) is 39.2 Å². The van der Waals surface area contributed by atoms with Crippen LogP contribution in [0.1, 0.15) is 29.5 Å². The number of rotatable bonds is 7. The molecule has 0 saturated heterocycles. The summed E-state index contributed by atoms with van der Waals surface area (Å²) in [4.78, 5) is 4.38. The molecule has 0 aliphatic rings. The molecule has 0 bridgehead atoms. The van der Waals surface area contributed by atoms with E-state index in [9.17, 15) is 0 Å². The number of benzene rings is 1. The number of nitrogens with one attached hydrogen (secondary N) is 1. The van der Waals surface area contributed by atoms with Crippen LogP contribution >= 0.6 is 11.3 Å². The number of likely N-dealkylation sites (N-methyl/N-ethyl adjacent to an activating group) is 1. The van der Waals surface area contributed by atoms with Crippen LogP contribution in [-0.4, -0.2) is 17.6 Å². The summed E-state index contributed by atoms with van der Waals surface area (Å²) in [5, 5.41) is 6.85. The van der Waals surface area contributed by atoms with Crippen LogP contribution < -0.4 is 5.32 Å². The lowest BCUT2D eigenvalue weighted by Crippen LogP contribution is -2.31. The monoisotopic (exact) mass is 274 g/mol. The molecule has 0 amide bonds. The Morgan fingerprint density at radius 3 is 2.68 bits per heavy atom. The average molecular weight is 274 g/mol.